The van der Waals surface area contributed by atoms with E-state index in [1.165, 1.54) is 0 Å². The molecule has 0 saturated heterocycles. The Morgan fingerprint density at radius 3 is 2.79 bits per heavy atom. The predicted octanol–water partition coefficient (Wildman–Crippen LogP) is 1.24. The van der Waals surface area contributed by atoms with Crippen LogP contribution in [0.15, 0.2) is 6.20 Å². The zero-order chi connectivity index (χ0) is 10.7. The molecule has 0 saturated carbocycles. The second-order valence-electron chi connectivity index (χ2n) is 3.37. The standard InChI is InChI=1S/C9H14N2O3/c1-6(2)11-4-7(3)9(10-11)14-5-8(12)13/h4,6H,5H2,1-3H3,(H,12,13). The third-order valence-corrected chi connectivity index (χ3v) is 1.73. The second kappa shape index (κ2) is 4.13. The van der Waals surface area contributed by atoms with Crippen molar-refractivity contribution in [1.29, 1.82) is 0 Å². The summed E-state index contributed by atoms with van der Waals surface area (Å²) in [6, 6.07) is 0.246. The molecule has 1 aromatic heterocycles. The van der Waals surface area contributed by atoms with Crippen molar-refractivity contribution in [2.45, 2.75) is 26.8 Å². The monoisotopic (exact) mass is 198 g/mol. The predicted molar refractivity (Wildman–Crippen MR) is 50.5 cm³/mol. The molecule has 0 atom stereocenters. The van der Waals surface area contributed by atoms with Gasteiger partial charge in [0.25, 0.3) is 0 Å². The van der Waals surface area contributed by atoms with Crippen LogP contribution in [0.5, 0.6) is 5.88 Å². The van der Waals surface area contributed by atoms with Crippen LogP contribution in [0.1, 0.15) is 25.5 Å². The molecule has 5 heteroatoms. The highest BCUT2D eigenvalue weighted by Gasteiger charge is 2.09. The summed E-state index contributed by atoms with van der Waals surface area (Å²) in [5, 5.41) is 12.5. The molecule has 1 N–H and O–H groups in total. The average molecular weight is 198 g/mol. The summed E-state index contributed by atoms with van der Waals surface area (Å²) >= 11 is 0. The van der Waals surface area contributed by atoms with Gasteiger partial charge in [-0.25, -0.2) is 4.79 Å². The van der Waals surface area contributed by atoms with Gasteiger partial charge in [-0.1, -0.05) is 0 Å². The van der Waals surface area contributed by atoms with Gasteiger partial charge in [0, 0.05) is 17.8 Å². The fourth-order valence-electron chi connectivity index (χ4n) is 1.00. The summed E-state index contributed by atoms with van der Waals surface area (Å²) < 4.78 is 6.74. The van der Waals surface area contributed by atoms with Crippen LogP contribution in [-0.4, -0.2) is 27.5 Å². The molecule has 1 heterocycles. The Hall–Kier alpha value is -1.52. The number of carboxylic acids is 1. The van der Waals surface area contributed by atoms with Crippen molar-refractivity contribution in [2.75, 3.05) is 6.61 Å². The number of aliphatic carboxylic acids is 1. The van der Waals surface area contributed by atoms with Crippen LogP contribution in [0.3, 0.4) is 0 Å². The summed E-state index contributed by atoms with van der Waals surface area (Å²) in [4.78, 5) is 10.3. The van der Waals surface area contributed by atoms with Crippen LogP contribution in [0.4, 0.5) is 0 Å². The summed E-state index contributed by atoms with van der Waals surface area (Å²) in [6.07, 6.45) is 1.84. The van der Waals surface area contributed by atoms with Crippen LogP contribution < -0.4 is 4.74 Å². The van der Waals surface area contributed by atoms with E-state index in [1.807, 2.05) is 27.0 Å². The summed E-state index contributed by atoms with van der Waals surface area (Å²) in [5.41, 5.74) is 0.847. The molecule has 1 aromatic rings. The number of aryl methyl sites for hydroxylation is 1. The smallest absolute Gasteiger partial charge is 0.341 e. The maximum atomic E-state index is 10.3. The van der Waals surface area contributed by atoms with Crippen molar-refractivity contribution in [3.63, 3.8) is 0 Å². The molecule has 14 heavy (non-hydrogen) atoms. The summed E-state index contributed by atoms with van der Waals surface area (Å²) in [5.74, 6) is -0.607. The molecular formula is C9H14N2O3. The third-order valence-electron chi connectivity index (χ3n) is 1.73. The number of carboxylic acid groups (broad SMARTS) is 1. The molecule has 5 nitrogen and oxygen atoms in total. The van der Waals surface area contributed by atoms with Gasteiger partial charge < -0.3 is 9.84 Å². The highest BCUT2D eigenvalue weighted by Crippen LogP contribution is 2.16. The molecule has 0 radical (unpaired) electrons. The van der Waals surface area contributed by atoms with E-state index in [4.69, 9.17) is 9.84 Å². The number of nitrogens with zero attached hydrogens (tertiary/aromatic N) is 2. The maximum Gasteiger partial charge on any atom is 0.341 e. The summed E-state index contributed by atoms with van der Waals surface area (Å²) in [6.45, 7) is 5.47. The lowest BCUT2D eigenvalue weighted by Gasteiger charge is -2.03. The minimum Gasteiger partial charge on any atom is -0.479 e. The van der Waals surface area contributed by atoms with E-state index in [-0.39, 0.29) is 12.6 Å². The summed E-state index contributed by atoms with van der Waals surface area (Å²) in [7, 11) is 0. The van der Waals surface area contributed by atoms with E-state index in [2.05, 4.69) is 5.10 Å². The molecule has 0 aliphatic rings. The SMILES string of the molecule is Cc1cn(C(C)C)nc1OCC(=O)O. The molecule has 0 aliphatic heterocycles. The highest BCUT2D eigenvalue weighted by atomic mass is 16.5. The number of hydrogen-bond donors (Lipinski definition) is 1. The van der Waals surface area contributed by atoms with Crippen molar-refractivity contribution >= 4 is 5.97 Å². The van der Waals surface area contributed by atoms with E-state index in [1.54, 1.807) is 4.68 Å². The van der Waals surface area contributed by atoms with Gasteiger partial charge in [0.15, 0.2) is 6.61 Å². The zero-order valence-electron chi connectivity index (χ0n) is 8.52. The quantitative estimate of drug-likeness (QED) is 0.790. The van der Waals surface area contributed by atoms with E-state index >= 15 is 0 Å². The van der Waals surface area contributed by atoms with Gasteiger partial charge in [0.2, 0.25) is 5.88 Å². The third kappa shape index (κ3) is 2.48. The molecular weight excluding hydrogens is 184 g/mol. The van der Waals surface area contributed by atoms with Gasteiger partial charge in [-0.05, 0) is 20.8 Å². The zero-order valence-corrected chi connectivity index (χ0v) is 8.52. The van der Waals surface area contributed by atoms with E-state index < -0.39 is 5.97 Å². The van der Waals surface area contributed by atoms with E-state index in [9.17, 15) is 4.79 Å². The number of ether oxygens (including phenoxy) is 1. The number of rotatable bonds is 4. The Morgan fingerprint density at radius 2 is 2.36 bits per heavy atom. The van der Waals surface area contributed by atoms with Crippen LogP contribution in [0.2, 0.25) is 0 Å². The molecule has 0 amide bonds. The maximum absolute atomic E-state index is 10.3. The van der Waals surface area contributed by atoms with Crippen LogP contribution in [-0.2, 0) is 4.79 Å². The first-order valence-electron chi connectivity index (χ1n) is 4.41. The molecule has 0 aliphatic carbocycles. The molecule has 1 rings (SSSR count). The fraction of sp³-hybridized carbons (Fsp3) is 0.556. The van der Waals surface area contributed by atoms with Gasteiger partial charge in [-0.15, -0.1) is 5.10 Å². The lowest BCUT2D eigenvalue weighted by Crippen LogP contribution is -2.10. The number of carbonyl (C=O) groups is 1. The van der Waals surface area contributed by atoms with Gasteiger partial charge in [0.1, 0.15) is 0 Å². The van der Waals surface area contributed by atoms with Crippen molar-refractivity contribution in [2.24, 2.45) is 0 Å². The van der Waals surface area contributed by atoms with E-state index in [0.29, 0.717) is 5.88 Å². The average Bonchev–Trinajstić information content (AvgIpc) is 2.43. The highest BCUT2D eigenvalue weighted by molar-refractivity contribution is 5.68. The van der Waals surface area contributed by atoms with Crippen molar-refractivity contribution in [1.82, 2.24) is 9.78 Å². The molecule has 0 unspecified atom stereocenters. The van der Waals surface area contributed by atoms with Crippen LogP contribution in [0, 0.1) is 6.92 Å². The molecule has 78 valence electrons. The largest absolute Gasteiger partial charge is 0.479 e. The lowest BCUT2D eigenvalue weighted by molar-refractivity contribution is -0.139. The Bertz CT molecular complexity index is 331. The number of aromatic nitrogens is 2. The lowest BCUT2D eigenvalue weighted by atomic mass is 10.4. The fourth-order valence-corrected chi connectivity index (χ4v) is 1.00. The van der Waals surface area contributed by atoms with Crippen LogP contribution in [0.25, 0.3) is 0 Å². The van der Waals surface area contributed by atoms with Crippen molar-refractivity contribution < 1.29 is 14.6 Å². The Morgan fingerprint density at radius 1 is 1.71 bits per heavy atom. The van der Waals surface area contributed by atoms with Crippen molar-refractivity contribution in [3.05, 3.63) is 11.8 Å². The first-order chi connectivity index (χ1) is 6.50. The molecule has 0 aromatic carbocycles. The first kappa shape index (κ1) is 10.6. The van der Waals surface area contributed by atoms with Gasteiger partial charge in [-0.2, -0.15) is 0 Å². The molecule has 0 bridgehead atoms. The second-order valence-corrected chi connectivity index (χ2v) is 3.37. The minimum absolute atomic E-state index is 0.246. The molecule has 0 spiro atoms. The Kier molecular flexibility index (Phi) is 3.11. The van der Waals surface area contributed by atoms with Gasteiger partial charge >= 0.3 is 5.97 Å². The van der Waals surface area contributed by atoms with Crippen LogP contribution >= 0.6 is 0 Å². The van der Waals surface area contributed by atoms with E-state index in [0.717, 1.165) is 5.56 Å². The van der Waals surface area contributed by atoms with Gasteiger partial charge in [0.05, 0.1) is 0 Å². The molecule has 0 fully saturated rings. The Balaban J connectivity index is 2.72. The van der Waals surface area contributed by atoms with Gasteiger partial charge in [-0.3, -0.25) is 4.68 Å². The Labute approximate surface area is 82.3 Å². The minimum atomic E-state index is -0.997. The van der Waals surface area contributed by atoms with Crippen molar-refractivity contribution in [3.8, 4) is 5.88 Å². The number of hydrogen-bond acceptors (Lipinski definition) is 3. The topological polar surface area (TPSA) is 64.4 Å². The first-order valence-corrected chi connectivity index (χ1v) is 4.41. The normalized spacial score (nSPS) is 10.6.